The average molecular weight is 316 g/mol. The summed E-state index contributed by atoms with van der Waals surface area (Å²) in [6.45, 7) is 7.65. The topological polar surface area (TPSA) is 63.5 Å². The third kappa shape index (κ3) is 4.05. The minimum absolute atomic E-state index is 0.0952. The first kappa shape index (κ1) is 15.9. The Hall–Kier alpha value is -2.01. The number of rotatable bonds is 4. The van der Waals surface area contributed by atoms with E-state index >= 15 is 0 Å². The molecular weight excluding hydrogens is 292 g/mol. The molecule has 5 heteroatoms. The molecule has 0 bridgehead atoms. The fraction of sp³-hybridized carbons (Fsp3) is 0.500. The Balaban J connectivity index is 1.52. The Morgan fingerprint density at radius 2 is 2.04 bits per heavy atom. The Morgan fingerprint density at radius 1 is 1.30 bits per heavy atom. The lowest BCUT2D eigenvalue weighted by Crippen LogP contribution is -2.37. The highest BCUT2D eigenvalue weighted by Crippen LogP contribution is 2.28. The molecule has 1 aliphatic rings. The number of carbonyl (C=O) groups excluding carboxylic acids is 1. The molecule has 1 fully saturated rings. The standard InChI is InChI=1S/C18H24N2O3/c1-11(16-9-12-7-5-6-8-15(12)22-16)19-13-10-14(13)20-17(21)23-18(2,3)4/h5-9,11,13-14,19H,10H2,1-4H3,(H,20,21). The molecule has 0 radical (unpaired) electrons. The van der Waals surface area contributed by atoms with E-state index in [-0.39, 0.29) is 24.2 Å². The molecule has 0 aliphatic heterocycles. The van der Waals surface area contributed by atoms with Crippen LogP contribution in [-0.4, -0.2) is 23.8 Å². The van der Waals surface area contributed by atoms with E-state index in [0.717, 1.165) is 23.2 Å². The van der Waals surface area contributed by atoms with E-state index in [4.69, 9.17) is 9.15 Å². The van der Waals surface area contributed by atoms with Crippen molar-refractivity contribution in [2.24, 2.45) is 0 Å². The van der Waals surface area contributed by atoms with Gasteiger partial charge in [-0.3, -0.25) is 0 Å². The maximum atomic E-state index is 11.7. The van der Waals surface area contributed by atoms with Gasteiger partial charge in [-0.1, -0.05) is 18.2 Å². The number of furan rings is 1. The highest BCUT2D eigenvalue weighted by atomic mass is 16.6. The van der Waals surface area contributed by atoms with Crippen LogP contribution in [0.1, 0.15) is 45.9 Å². The van der Waals surface area contributed by atoms with E-state index in [1.54, 1.807) is 0 Å². The largest absolute Gasteiger partial charge is 0.459 e. The van der Waals surface area contributed by atoms with E-state index in [9.17, 15) is 4.79 Å². The fourth-order valence-electron chi connectivity index (χ4n) is 2.62. The van der Waals surface area contributed by atoms with Gasteiger partial charge in [0.25, 0.3) is 0 Å². The van der Waals surface area contributed by atoms with Crippen LogP contribution in [0.2, 0.25) is 0 Å². The van der Waals surface area contributed by atoms with Crippen LogP contribution < -0.4 is 10.6 Å². The van der Waals surface area contributed by atoms with Crippen LogP contribution >= 0.6 is 0 Å². The van der Waals surface area contributed by atoms with Gasteiger partial charge < -0.3 is 19.8 Å². The van der Waals surface area contributed by atoms with E-state index in [1.807, 2.05) is 45.0 Å². The minimum Gasteiger partial charge on any atom is -0.459 e. The molecule has 1 aromatic carbocycles. The van der Waals surface area contributed by atoms with Gasteiger partial charge in [0.15, 0.2) is 0 Å². The van der Waals surface area contributed by atoms with Crippen molar-refractivity contribution >= 4 is 17.1 Å². The van der Waals surface area contributed by atoms with Crippen molar-refractivity contribution in [3.05, 3.63) is 36.1 Å². The number of benzene rings is 1. The summed E-state index contributed by atoms with van der Waals surface area (Å²) in [4.78, 5) is 11.7. The molecule has 5 nitrogen and oxygen atoms in total. The van der Waals surface area contributed by atoms with Gasteiger partial charge in [-0.05, 0) is 46.2 Å². The van der Waals surface area contributed by atoms with Crippen LogP contribution in [0.15, 0.2) is 34.7 Å². The van der Waals surface area contributed by atoms with Crippen molar-refractivity contribution < 1.29 is 13.9 Å². The van der Waals surface area contributed by atoms with Crippen LogP contribution in [0.3, 0.4) is 0 Å². The first-order valence-electron chi connectivity index (χ1n) is 8.06. The second-order valence-electron chi connectivity index (χ2n) is 7.17. The van der Waals surface area contributed by atoms with Gasteiger partial charge in [0.2, 0.25) is 0 Å². The molecule has 1 saturated carbocycles. The van der Waals surface area contributed by atoms with Crippen molar-refractivity contribution in [1.82, 2.24) is 10.6 Å². The van der Waals surface area contributed by atoms with Crippen LogP contribution in [0.4, 0.5) is 4.79 Å². The SMILES string of the molecule is CC(NC1CC1NC(=O)OC(C)(C)C)c1cc2ccccc2o1. The smallest absolute Gasteiger partial charge is 0.407 e. The lowest BCUT2D eigenvalue weighted by atomic mass is 10.2. The molecule has 0 saturated heterocycles. The van der Waals surface area contributed by atoms with Crippen LogP contribution in [0.25, 0.3) is 11.0 Å². The average Bonchev–Trinajstić information content (AvgIpc) is 3.00. The van der Waals surface area contributed by atoms with Crippen LogP contribution in [-0.2, 0) is 4.74 Å². The lowest BCUT2D eigenvalue weighted by Gasteiger charge is -2.20. The summed E-state index contributed by atoms with van der Waals surface area (Å²) >= 11 is 0. The predicted molar refractivity (Wildman–Crippen MR) is 89.3 cm³/mol. The Morgan fingerprint density at radius 3 is 2.74 bits per heavy atom. The van der Waals surface area contributed by atoms with E-state index in [0.29, 0.717) is 0 Å². The third-order valence-corrected chi connectivity index (χ3v) is 3.83. The molecule has 2 aromatic rings. The molecule has 124 valence electrons. The van der Waals surface area contributed by atoms with Crippen molar-refractivity contribution in [2.75, 3.05) is 0 Å². The second-order valence-corrected chi connectivity index (χ2v) is 7.17. The summed E-state index contributed by atoms with van der Waals surface area (Å²) in [5, 5.41) is 7.48. The number of hydrogen-bond acceptors (Lipinski definition) is 4. The molecule has 1 heterocycles. The quantitative estimate of drug-likeness (QED) is 0.901. The molecule has 0 spiro atoms. The van der Waals surface area contributed by atoms with Gasteiger partial charge in [-0.2, -0.15) is 0 Å². The number of nitrogens with one attached hydrogen (secondary N) is 2. The van der Waals surface area contributed by atoms with Crippen molar-refractivity contribution in [1.29, 1.82) is 0 Å². The normalized spacial score (nSPS) is 21.9. The molecule has 1 aliphatic carbocycles. The lowest BCUT2D eigenvalue weighted by molar-refractivity contribution is 0.0522. The Bertz CT molecular complexity index is 669. The van der Waals surface area contributed by atoms with Gasteiger partial charge in [0, 0.05) is 17.5 Å². The molecule has 3 unspecified atom stereocenters. The Labute approximate surface area is 136 Å². The molecule has 1 aromatic heterocycles. The third-order valence-electron chi connectivity index (χ3n) is 3.83. The van der Waals surface area contributed by atoms with E-state index in [2.05, 4.69) is 23.6 Å². The summed E-state index contributed by atoms with van der Waals surface area (Å²) in [6, 6.07) is 10.5. The molecule has 23 heavy (non-hydrogen) atoms. The molecule has 3 rings (SSSR count). The predicted octanol–water partition coefficient (Wildman–Crippen LogP) is 3.75. The van der Waals surface area contributed by atoms with Crippen LogP contribution in [0, 0.1) is 0 Å². The number of amides is 1. The zero-order valence-corrected chi connectivity index (χ0v) is 14.1. The van der Waals surface area contributed by atoms with Crippen molar-refractivity contribution in [2.45, 2.75) is 57.8 Å². The number of ether oxygens (including phenoxy) is 1. The Kier molecular flexibility index (Phi) is 4.06. The maximum Gasteiger partial charge on any atom is 0.407 e. The first-order chi connectivity index (χ1) is 10.8. The zero-order chi connectivity index (χ0) is 16.6. The van der Waals surface area contributed by atoms with Crippen molar-refractivity contribution in [3.8, 4) is 0 Å². The summed E-state index contributed by atoms with van der Waals surface area (Å²) in [7, 11) is 0. The highest BCUT2D eigenvalue weighted by molar-refractivity contribution is 5.77. The summed E-state index contributed by atoms with van der Waals surface area (Å²) in [5.41, 5.74) is 0.430. The second kappa shape index (κ2) is 5.89. The van der Waals surface area contributed by atoms with Gasteiger partial charge in [-0.15, -0.1) is 0 Å². The van der Waals surface area contributed by atoms with Gasteiger partial charge >= 0.3 is 6.09 Å². The van der Waals surface area contributed by atoms with E-state index < -0.39 is 5.60 Å². The van der Waals surface area contributed by atoms with E-state index in [1.165, 1.54) is 0 Å². The summed E-state index contributed by atoms with van der Waals surface area (Å²) in [6.07, 6.45) is 0.548. The van der Waals surface area contributed by atoms with Gasteiger partial charge in [0.05, 0.1) is 6.04 Å². The number of para-hydroxylation sites is 1. The van der Waals surface area contributed by atoms with Gasteiger partial charge in [-0.25, -0.2) is 4.79 Å². The zero-order valence-electron chi connectivity index (χ0n) is 14.1. The monoisotopic (exact) mass is 316 g/mol. The first-order valence-corrected chi connectivity index (χ1v) is 8.06. The summed E-state index contributed by atoms with van der Waals surface area (Å²) < 4.78 is 11.1. The van der Waals surface area contributed by atoms with Gasteiger partial charge in [0.1, 0.15) is 16.9 Å². The number of hydrogen-bond donors (Lipinski definition) is 2. The fourth-order valence-corrected chi connectivity index (χ4v) is 2.62. The van der Waals surface area contributed by atoms with Crippen molar-refractivity contribution in [3.63, 3.8) is 0 Å². The minimum atomic E-state index is -0.469. The molecule has 1 amide bonds. The molecular formula is C18H24N2O3. The molecule has 3 atom stereocenters. The number of carbonyl (C=O) groups is 1. The maximum absolute atomic E-state index is 11.7. The number of alkyl carbamates (subject to hydrolysis) is 1. The number of fused-ring (bicyclic) bond motifs is 1. The molecule has 2 N–H and O–H groups in total. The van der Waals surface area contributed by atoms with Crippen LogP contribution in [0.5, 0.6) is 0 Å². The summed E-state index contributed by atoms with van der Waals surface area (Å²) in [5.74, 6) is 0.911. The highest BCUT2D eigenvalue weighted by Gasteiger charge is 2.40.